The van der Waals surface area contributed by atoms with Crippen molar-refractivity contribution < 1.29 is 9.47 Å². The molecule has 0 radical (unpaired) electrons. The number of aromatic amines is 1. The second-order valence-corrected chi connectivity index (χ2v) is 5.77. The van der Waals surface area contributed by atoms with E-state index < -0.39 is 0 Å². The average Bonchev–Trinajstić information content (AvgIpc) is 3.02. The standard InChI is InChI=1S/C15H17N3O2/c1-15(16,10-3-4-10)14-17-7-11(18-14)9-2-5-12-13(6-9)20-8-19-12/h2,5-7,10H,3-4,8,16H2,1H3,(H,17,18). The Morgan fingerprint density at radius 2 is 2.10 bits per heavy atom. The van der Waals surface area contributed by atoms with Crippen molar-refractivity contribution in [3.05, 3.63) is 30.2 Å². The van der Waals surface area contributed by atoms with Gasteiger partial charge in [-0.1, -0.05) is 0 Å². The monoisotopic (exact) mass is 271 g/mol. The third-order valence-corrected chi connectivity index (χ3v) is 4.20. The van der Waals surface area contributed by atoms with Crippen molar-refractivity contribution in [2.24, 2.45) is 11.7 Å². The lowest BCUT2D eigenvalue weighted by Gasteiger charge is -2.21. The van der Waals surface area contributed by atoms with Crippen LogP contribution in [0.1, 0.15) is 25.6 Å². The van der Waals surface area contributed by atoms with Gasteiger partial charge in [0.2, 0.25) is 6.79 Å². The molecule has 1 atom stereocenters. The molecule has 1 unspecified atom stereocenters. The Balaban J connectivity index is 1.68. The number of benzene rings is 1. The molecule has 0 amide bonds. The number of hydrogen-bond acceptors (Lipinski definition) is 4. The van der Waals surface area contributed by atoms with Crippen molar-refractivity contribution in [1.29, 1.82) is 0 Å². The first-order chi connectivity index (χ1) is 9.64. The van der Waals surface area contributed by atoms with E-state index in [0.717, 1.165) is 28.6 Å². The Morgan fingerprint density at radius 3 is 2.90 bits per heavy atom. The summed E-state index contributed by atoms with van der Waals surface area (Å²) in [5, 5.41) is 0. The number of fused-ring (bicyclic) bond motifs is 1. The Morgan fingerprint density at radius 1 is 1.30 bits per heavy atom. The number of aromatic nitrogens is 2. The van der Waals surface area contributed by atoms with E-state index in [-0.39, 0.29) is 12.3 Å². The van der Waals surface area contributed by atoms with Crippen LogP contribution < -0.4 is 15.2 Å². The predicted molar refractivity (Wildman–Crippen MR) is 74.4 cm³/mol. The normalized spacial score (nSPS) is 19.9. The highest BCUT2D eigenvalue weighted by Gasteiger charge is 2.41. The maximum absolute atomic E-state index is 6.39. The molecule has 1 aliphatic carbocycles. The molecule has 1 fully saturated rings. The van der Waals surface area contributed by atoms with E-state index in [1.807, 2.05) is 31.3 Å². The maximum atomic E-state index is 6.39. The molecule has 2 aromatic rings. The lowest BCUT2D eigenvalue weighted by atomic mass is 9.97. The number of ether oxygens (including phenoxy) is 2. The molecule has 2 heterocycles. The van der Waals surface area contributed by atoms with Crippen molar-refractivity contribution in [3.8, 4) is 22.8 Å². The second-order valence-electron chi connectivity index (χ2n) is 5.77. The third kappa shape index (κ3) is 1.78. The predicted octanol–water partition coefficient (Wildman–Crippen LogP) is 2.39. The number of rotatable bonds is 3. The van der Waals surface area contributed by atoms with Crippen molar-refractivity contribution >= 4 is 0 Å². The van der Waals surface area contributed by atoms with E-state index in [1.54, 1.807) is 0 Å². The van der Waals surface area contributed by atoms with Crippen molar-refractivity contribution in [1.82, 2.24) is 9.97 Å². The SMILES string of the molecule is CC(N)(c1ncc(-c2ccc3c(c2)OCO3)[nH]1)C1CC1. The van der Waals surface area contributed by atoms with Crippen LogP contribution >= 0.6 is 0 Å². The molecule has 1 aromatic carbocycles. The van der Waals surface area contributed by atoms with Crippen LogP contribution in [0.3, 0.4) is 0 Å². The van der Waals surface area contributed by atoms with Crippen LogP contribution in [0.4, 0.5) is 0 Å². The first-order valence-electron chi connectivity index (χ1n) is 6.89. The molecule has 20 heavy (non-hydrogen) atoms. The number of hydrogen-bond donors (Lipinski definition) is 2. The molecule has 1 aliphatic heterocycles. The summed E-state index contributed by atoms with van der Waals surface area (Å²) in [6.07, 6.45) is 4.21. The lowest BCUT2D eigenvalue weighted by molar-refractivity contribution is 0.174. The molecule has 0 spiro atoms. The van der Waals surface area contributed by atoms with Crippen molar-refractivity contribution in [3.63, 3.8) is 0 Å². The summed E-state index contributed by atoms with van der Waals surface area (Å²) in [4.78, 5) is 7.82. The quantitative estimate of drug-likeness (QED) is 0.899. The van der Waals surface area contributed by atoms with Crippen LogP contribution in [-0.4, -0.2) is 16.8 Å². The molecule has 1 aromatic heterocycles. The zero-order valence-corrected chi connectivity index (χ0v) is 11.3. The molecular formula is C15H17N3O2. The van der Waals surface area contributed by atoms with Crippen LogP contribution in [0.15, 0.2) is 24.4 Å². The van der Waals surface area contributed by atoms with Gasteiger partial charge in [-0.05, 0) is 43.9 Å². The van der Waals surface area contributed by atoms with E-state index in [9.17, 15) is 0 Å². The van der Waals surface area contributed by atoms with E-state index in [1.165, 1.54) is 12.8 Å². The third-order valence-electron chi connectivity index (χ3n) is 4.20. The summed E-state index contributed by atoms with van der Waals surface area (Å²) in [6.45, 7) is 2.34. The summed E-state index contributed by atoms with van der Waals surface area (Å²) in [7, 11) is 0. The summed E-state index contributed by atoms with van der Waals surface area (Å²) in [5.74, 6) is 2.96. The van der Waals surface area contributed by atoms with E-state index in [2.05, 4.69) is 9.97 Å². The van der Waals surface area contributed by atoms with Gasteiger partial charge in [0.1, 0.15) is 5.82 Å². The van der Waals surface area contributed by atoms with Crippen LogP contribution in [0.2, 0.25) is 0 Å². The molecule has 2 aliphatic rings. The number of H-pyrrole nitrogens is 1. The first kappa shape index (κ1) is 11.8. The lowest BCUT2D eigenvalue weighted by Crippen LogP contribution is -2.36. The van der Waals surface area contributed by atoms with Gasteiger partial charge in [-0.15, -0.1) is 0 Å². The van der Waals surface area contributed by atoms with Gasteiger partial charge in [-0.2, -0.15) is 0 Å². The molecule has 5 heteroatoms. The fourth-order valence-corrected chi connectivity index (χ4v) is 2.68. The van der Waals surface area contributed by atoms with Gasteiger partial charge < -0.3 is 20.2 Å². The Kier molecular flexibility index (Phi) is 2.35. The Hall–Kier alpha value is -2.01. The second kappa shape index (κ2) is 3.99. The topological polar surface area (TPSA) is 73.2 Å². The smallest absolute Gasteiger partial charge is 0.231 e. The molecule has 3 N–H and O–H groups in total. The highest BCUT2D eigenvalue weighted by molar-refractivity contribution is 5.64. The van der Waals surface area contributed by atoms with Crippen LogP contribution in [-0.2, 0) is 5.54 Å². The highest BCUT2D eigenvalue weighted by Crippen LogP contribution is 2.43. The van der Waals surface area contributed by atoms with Gasteiger partial charge >= 0.3 is 0 Å². The van der Waals surface area contributed by atoms with E-state index in [0.29, 0.717) is 5.92 Å². The van der Waals surface area contributed by atoms with Crippen molar-refractivity contribution in [2.75, 3.05) is 6.79 Å². The summed E-state index contributed by atoms with van der Waals surface area (Å²) < 4.78 is 10.7. The zero-order chi connectivity index (χ0) is 13.7. The fraction of sp³-hybridized carbons (Fsp3) is 0.400. The molecule has 4 rings (SSSR count). The minimum absolute atomic E-state index is 0.287. The van der Waals surface area contributed by atoms with Crippen LogP contribution in [0, 0.1) is 5.92 Å². The molecule has 5 nitrogen and oxygen atoms in total. The van der Waals surface area contributed by atoms with Gasteiger partial charge in [-0.25, -0.2) is 4.98 Å². The Bertz CT molecular complexity index is 659. The molecular weight excluding hydrogens is 254 g/mol. The summed E-state index contributed by atoms with van der Waals surface area (Å²) >= 11 is 0. The fourth-order valence-electron chi connectivity index (χ4n) is 2.68. The summed E-state index contributed by atoms with van der Waals surface area (Å²) in [5.41, 5.74) is 8.00. The molecule has 0 saturated heterocycles. The summed E-state index contributed by atoms with van der Waals surface area (Å²) in [6, 6.07) is 5.88. The molecule has 104 valence electrons. The van der Waals surface area contributed by atoms with Gasteiger partial charge in [0, 0.05) is 5.56 Å². The Labute approximate surface area is 117 Å². The van der Waals surface area contributed by atoms with Crippen LogP contribution in [0.5, 0.6) is 11.5 Å². The van der Waals surface area contributed by atoms with Crippen molar-refractivity contribution in [2.45, 2.75) is 25.3 Å². The van der Waals surface area contributed by atoms with Crippen LogP contribution in [0.25, 0.3) is 11.3 Å². The highest BCUT2D eigenvalue weighted by atomic mass is 16.7. The van der Waals surface area contributed by atoms with Gasteiger partial charge in [0.25, 0.3) is 0 Å². The minimum atomic E-state index is -0.366. The zero-order valence-electron chi connectivity index (χ0n) is 11.3. The largest absolute Gasteiger partial charge is 0.454 e. The first-order valence-corrected chi connectivity index (χ1v) is 6.89. The molecule has 0 bridgehead atoms. The maximum Gasteiger partial charge on any atom is 0.231 e. The van der Waals surface area contributed by atoms with Gasteiger partial charge in [0.05, 0.1) is 17.4 Å². The minimum Gasteiger partial charge on any atom is -0.454 e. The number of nitrogens with two attached hydrogens (primary N) is 1. The number of nitrogens with zero attached hydrogens (tertiary/aromatic N) is 1. The number of imidazole rings is 1. The average molecular weight is 271 g/mol. The van der Waals surface area contributed by atoms with E-state index in [4.69, 9.17) is 15.2 Å². The van der Waals surface area contributed by atoms with Gasteiger partial charge in [-0.3, -0.25) is 0 Å². The van der Waals surface area contributed by atoms with Gasteiger partial charge in [0.15, 0.2) is 11.5 Å². The number of nitrogens with one attached hydrogen (secondary N) is 1. The molecule has 1 saturated carbocycles. The van der Waals surface area contributed by atoms with E-state index >= 15 is 0 Å².